The second-order valence-corrected chi connectivity index (χ2v) is 13.0. The van der Waals surface area contributed by atoms with E-state index >= 15 is 0 Å². The molecule has 3 aromatic rings. The maximum Gasteiger partial charge on any atom is 0.323 e. The minimum atomic E-state index is -2.56. The van der Waals surface area contributed by atoms with E-state index in [1.807, 2.05) is 30.3 Å². The zero-order valence-corrected chi connectivity index (χ0v) is 26.3. The van der Waals surface area contributed by atoms with Crippen LogP contribution < -0.4 is 21.3 Å². The smallest absolute Gasteiger partial charge is 0.323 e. The maximum absolute atomic E-state index is 14.3. The van der Waals surface area contributed by atoms with Gasteiger partial charge in [0.2, 0.25) is 0 Å². The fourth-order valence-electron chi connectivity index (χ4n) is 7.84. The normalized spacial score (nSPS) is 26.8. The third-order valence-electron chi connectivity index (χ3n) is 9.90. The number of aromatic hydroxyl groups is 1. The van der Waals surface area contributed by atoms with Gasteiger partial charge in [-0.1, -0.05) is 36.4 Å². The van der Waals surface area contributed by atoms with E-state index in [0.717, 1.165) is 10.8 Å². The number of aliphatic hydroxyl groups is 3. The molecule has 3 amide bonds. The molecule has 3 aliphatic carbocycles. The first-order valence-electron chi connectivity index (χ1n) is 15.2. The number of carbonyl (C=O) groups excluding carboxylic acids is 4. The fourth-order valence-corrected chi connectivity index (χ4v) is 7.84. The van der Waals surface area contributed by atoms with E-state index in [1.165, 1.54) is 4.90 Å². The van der Waals surface area contributed by atoms with E-state index in [1.54, 1.807) is 51.3 Å². The predicted octanol–water partition coefficient (Wildman–Crippen LogP) is 2.15. The Hall–Kier alpha value is -4.98. The van der Waals surface area contributed by atoms with Crippen LogP contribution in [0.5, 0.6) is 5.75 Å². The van der Waals surface area contributed by atoms with Gasteiger partial charge in [0.15, 0.2) is 17.2 Å². The van der Waals surface area contributed by atoms with E-state index < -0.39 is 76.1 Å². The van der Waals surface area contributed by atoms with Gasteiger partial charge in [-0.2, -0.15) is 0 Å². The van der Waals surface area contributed by atoms with Crippen molar-refractivity contribution >= 4 is 51.3 Å². The highest BCUT2D eigenvalue weighted by atomic mass is 16.4. The summed E-state index contributed by atoms with van der Waals surface area (Å²) in [5, 5.41) is 53.4. The lowest BCUT2D eigenvalue weighted by Crippen LogP contribution is -2.69. The van der Waals surface area contributed by atoms with Crippen LogP contribution in [0.15, 0.2) is 59.9 Å². The van der Waals surface area contributed by atoms with Crippen LogP contribution in [0.3, 0.4) is 0 Å². The van der Waals surface area contributed by atoms with Crippen LogP contribution in [-0.4, -0.2) is 94.8 Å². The third kappa shape index (κ3) is 4.80. The lowest BCUT2D eigenvalue weighted by Gasteiger charge is -2.55. The number of nitrogens with two attached hydrogens (primary N) is 1. The average Bonchev–Trinajstić information content (AvgIpc) is 3.00. The van der Waals surface area contributed by atoms with Gasteiger partial charge in [-0.25, -0.2) is 4.79 Å². The number of phenols is 1. The van der Waals surface area contributed by atoms with E-state index in [0.29, 0.717) is 16.9 Å². The Bertz CT molecular complexity index is 1880. The number of likely N-dealkylation sites (N-methyl/N-ethyl adjacent to an activating group) is 1. The third-order valence-corrected chi connectivity index (χ3v) is 9.90. The number of phenolic OH excluding ortho intramolecular Hbond substituents is 1. The molecule has 13 nitrogen and oxygen atoms in total. The number of anilines is 3. The van der Waals surface area contributed by atoms with Crippen LogP contribution in [0.2, 0.25) is 0 Å². The van der Waals surface area contributed by atoms with Crippen molar-refractivity contribution in [3.8, 4) is 5.75 Å². The van der Waals surface area contributed by atoms with Crippen molar-refractivity contribution < 1.29 is 39.6 Å². The number of ketones is 2. The molecule has 8 N–H and O–H groups in total. The van der Waals surface area contributed by atoms with Gasteiger partial charge in [-0.15, -0.1) is 0 Å². The Kier molecular flexibility index (Phi) is 7.74. The molecule has 6 atom stereocenters. The molecule has 0 spiro atoms. The minimum Gasteiger partial charge on any atom is -0.508 e. The van der Waals surface area contributed by atoms with Crippen molar-refractivity contribution in [2.75, 3.05) is 43.7 Å². The van der Waals surface area contributed by atoms with E-state index in [-0.39, 0.29) is 24.1 Å². The molecule has 1 saturated carbocycles. The summed E-state index contributed by atoms with van der Waals surface area (Å²) < 4.78 is 0. The SMILES string of the molecule is CN(C)c1cc(NC(=O)Nc2cccc3ccccc23)c(O)c2c1C[C@H]1C[C@H]3[C@H](N(C)C)C(=O)C(C(N)=O)=C(O)[C@@]3(O)C(O)C1C2=O. The summed E-state index contributed by atoms with van der Waals surface area (Å²) in [6.45, 7) is 0. The molecule has 47 heavy (non-hydrogen) atoms. The molecular formula is C34H37N5O8. The number of aliphatic hydroxyl groups excluding tert-OH is 2. The summed E-state index contributed by atoms with van der Waals surface area (Å²) in [6, 6.07) is 12.7. The molecule has 3 aromatic carbocycles. The Morgan fingerprint density at radius 1 is 0.957 bits per heavy atom. The number of urea groups is 1. The summed E-state index contributed by atoms with van der Waals surface area (Å²) in [5.74, 6) is -7.41. The van der Waals surface area contributed by atoms with Crippen LogP contribution in [0.1, 0.15) is 22.3 Å². The van der Waals surface area contributed by atoms with Gasteiger partial charge in [0.25, 0.3) is 5.91 Å². The van der Waals surface area contributed by atoms with E-state index in [9.17, 15) is 39.6 Å². The molecule has 13 heteroatoms. The summed E-state index contributed by atoms with van der Waals surface area (Å²) in [5.41, 5.74) is 3.36. The largest absolute Gasteiger partial charge is 0.508 e. The van der Waals surface area contributed by atoms with Crippen molar-refractivity contribution in [2.24, 2.45) is 23.5 Å². The maximum atomic E-state index is 14.3. The van der Waals surface area contributed by atoms with Crippen molar-refractivity contribution in [3.63, 3.8) is 0 Å². The fraction of sp³-hybridized carbons (Fsp3) is 0.353. The molecule has 0 aromatic heterocycles. The summed E-state index contributed by atoms with van der Waals surface area (Å²) >= 11 is 0. The highest BCUT2D eigenvalue weighted by Gasteiger charge is 2.66. The Morgan fingerprint density at radius 3 is 2.28 bits per heavy atom. The first-order chi connectivity index (χ1) is 22.2. The number of fused-ring (bicyclic) bond motifs is 4. The summed E-state index contributed by atoms with van der Waals surface area (Å²) in [7, 11) is 6.62. The molecule has 2 unspecified atom stereocenters. The molecule has 6 rings (SSSR count). The van der Waals surface area contributed by atoms with E-state index in [2.05, 4.69) is 10.6 Å². The van der Waals surface area contributed by atoms with Gasteiger partial charge in [0.1, 0.15) is 23.2 Å². The lowest BCUT2D eigenvalue weighted by atomic mass is 9.53. The predicted molar refractivity (Wildman–Crippen MR) is 174 cm³/mol. The van der Waals surface area contributed by atoms with Gasteiger partial charge in [-0.3, -0.25) is 19.3 Å². The van der Waals surface area contributed by atoms with Gasteiger partial charge in [0, 0.05) is 31.1 Å². The highest BCUT2D eigenvalue weighted by Crippen LogP contribution is 2.55. The van der Waals surface area contributed by atoms with Crippen molar-refractivity contribution in [1.29, 1.82) is 0 Å². The second-order valence-electron chi connectivity index (χ2n) is 13.0. The quantitative estimate of drug-likeness (QED) is 0.159. The molecule has 0 radical (unpaired) electrons. The first kappa shape index (κ1) is 32.0. The van der Waals surface area contributed by atoms with Crippen molar-refractivity contribution in [2.45, 2.75) is 30.6 Å². The second kappa shape index (κ2) is 11.4. The molecule has 0 heterocycles. The van der Waals surface area contributed by atoms with Gasteiger partial charge in [-0.05, 0) is 55.9 Å². The molecule has 3 aliphatic rings. The molecule has 246 valence electrons. The average molecular weight is 644 g/mol. The van der Waals surface area contributed by atoms with Crippen LogP contribution >= 0.6 is 0 Å². The van der Waals surface area contributed by atoms with Gasteiger partial charge >= 0.3 is 6.03 Å². The zero-order valence-electron chi connectivity index (χ0n) is 26.3. The topological polar surface area (TPSA) is 206 Å². The van der Waals surface area contributed by atoms with Gasteiger partial charge in [0.05, 0.1) is 28.9 Å². The first-order valence-corrected chi connectivity index (χ1v) is 15.2. The van der Waals surface area contributed by atoms with Crippen molar-refractivity contribution in [1.82, 2.24) is 4.90 Å². The van der Waals surface area contributed by atoms with Crippen LogP contribution in [-0.2, 0) is 16.0 Å². The van der Waals surface area contributed by atoms with Crippen LogP contribution in [0.25, 0.3) is 10.8 Å². The number of amides is 3. The minimum absolute atomic E-state index is 0.0230. The lowest BCUT2D eigenvalue weighted by molar-refractivity contribution is -0.183. The monoisotopic (exact) mass is 643 g/mol. The summed E-state index contributed by atoms with van der Waals surface area (Å²) in [4.78, 5) is 56.3. The van der Waals surface area contributed by atoms with Crippen molar-refractivity contribution in [3.05, 3.63) is 71.0 Å². The van der Waals surface area contributed by atoms with Gasteiger partial charge < -0.3 is 41.7 Å². The van der Waals surface area contributed by atoms with Crippen LogP contribution in [0, 0.1) is 17.8 Å². The number of Topliss-reactive ketones (excluding diaryl/α,β-unsaturated/α-hetero) is 2. The number of nitrogens with zero attached hydrogens (tertiary/aromatic N) is 2. The molecule has 0 bridgehead atoms. The number of nitrogens with one attached hydrogen (secondary N) is 2. The molecule has 1 fully saturated rings. The number of carbonyl (C=O) groups is 4. The Balaban J connectivity index is 1.40. The molecular weight excluding hydrogens is 606 g/mol. The number of primary amides is 1. The number of hydrogen-bond donors (Lipinski definition) is 7. The summed E-state index contributed by atoms with van der Waals surface area (Å²) in [6.07, 6.45) is -1.78. The standard InChI is InChI=1S/C34H37N5O8/c1-38(2)22-14-21(37-33(46)36-20-11-7-9-15-8-5-6-10-17(15)20)27(40)24-18(22)12-16-13-19-26(39(3)4)29(42)25(32(35)45)31(44)34(19,47)30(43)23(16)28(24)41/h5-11,14,16,19,23,26,30,40,43-44,47H,12-13H2,1-4H3,(H2,35,45)(H2,36,37,46)/t16-,19-,23?,26-,30?,34-/m0/s1. The molecule has 0 aliphatic heterocycles. The molecule has 0 saturated heterocycles. The number of hydrogen-bond acceptors (Lipinski definition) is 10. The van der Waals surface area contributed by atoms with Crippen LogP contribution in [0.4, 0.5) is 21.9 Å². The Labute approximate surface area is 270 Å². The number of benzene rings is 3. The van der Waals surface area contributed by atoms with E-state index in [4.69, 9.17) is 5.73 Å². The Morgan fingerprint density at radius 2 is 1.62 bits per heavy atom. The highest BCUT2D eigenvalue weighted by molar-refractivity contribution is 6.22. The number of rotatable bonds is 5. The zero-order chi connectivity index (χ0) is 34.1.